The summed E-state index contributed by atoms with van der Waals surface area (Å²) in [6.45, 7) is 2.86. The van der Waals surface area contributed by atoms with Gasteiger partial charge in [0.15, 0.2) is 0 Å². The van der Waals surface area contributed by atoms with Gasteiger partial charge in [-0.3, -0.25) is 10.1 Å². The van der Waals surface area contributed by atoms with Crippen LogP contribution in [0.4, 0.5) is 11.4 Å². The quantitative estimate of drug-likeness (QED) is 0.630. The Morgan fingerprint density at radius 2 is 2.26 bits per heavy atom. The van der Waals surface area contributed by atoms with Crippen LogP contribution in [-0.2, 0) is 4.74 Å². The van der Waals surface area contributed by atoms with E-state index >= 15 is 0 Å². The van der Waals surface area contributed by atoms with Crippen molar-refractivity contribution in [1.82, 2.24) is 0 Å². The van der Waals surface area contributed by atoms with Crippen molar-refractivity contribution in [2.75, 3.05) is 18.6 Å². The molecule has 1 aliphatic rings. The summed E-state index contributed by atoms with van der Waals surface area (Å²) in [6, 6.07) is 5.45. The standard InChI is InChI=1S/C13H17BrN2O3/c1-9-7-11(19-2)5-6-15(9)12-4-3-10(14)8-13(12)16(17)18/h3-4,8-9,11H,5-7H2,1-2H3. The number of hydrogen-bond donors (Lipinski definition) is 0. The van der Waals surface area contributed by atoms with E-state index in [-0.39, 0.29) is 22.8 Å². The van der Waals surface area contributed by atoms with Gasteiger partial charge in [0.25, 0.3) is 5.69 Å². The van der Waals surface area contributed by atoms with Crippen molar-refractivity contribution in [2.24, 2.45) is 0 Å². The number of hydrogen-bond acceptors (Lipinski definition) is 4. The van der Waals surface area contributed by atoms with Crippen LogP contribution in [0, 0.1) is 10.1 Å². The van der Waals surface area contributed by atoms with Crippen LogP contribution in [0.25, 0.3) is 0 Å². The summed E-state index contributed by atoms with van der Waals surface area (Å²) in [4.78, 5) is 13.0. The lowest BCUT2D eigenvalue weighted by Crippen LogP contribution is -2.43. The fourth-order valence-electron chi connectivity index (χ4n) is 2.59. The average molecular weight is 329 g/mol. The van der Waals surface area contributed by atoms with Crippen LogP contribution in [-0.4, -0.2) is 30.7 Å². The number of benzene rings is 1. The van der Waals surface area contributed by atoms with Crippen molar-refractivity contribution in [3.63, 3.8) is 0 Å². The molecule has 1 aromatic carbocycles. The van der Waals surface area contributed by atoms with E-state index in [9.17, 15) is 10.1 Å². The van der Waals surface area contributed by atoms with E-state index < -0.39 is 0 Å². The molecule has 1 fully saturated rings. The maximum Gasteiger partial charge on any atom is 0.293 e. The third-order valence-corrected chi connectivity index (χ3v) is 4.10. The summed E-state index contributed by atoms with van der Waals surface area (Å²) < 4.78 is 6.10. The average Bonchev–Trinajstić information content (AvgIpc) is 2.39. The van der Waals surface area contributed by atoms with Gasteiger partial charge < -0.3 is 9.64 Å². The molecule has 1 aliphatic heterocycles. The number of nitro benzene ring substituents is 1. The van der Waals surface area contributed by atoms with Crippen LogP contribution in [0.1, 0.15) is 19.8 Å². The monoisotopic (exact) mass is 328 g/mol. The zero-order valence-electron chi connectivity index (χ0n) is 11.0. The van der Waals surface area contributed by atoms with Gasteiger partial charge in [-0.1, -0.05) is 15.9 Å². The lowest BCUT2D eigenvalue weighted by atomic mass is 9.99. The molecule has 0 amide bonds. The van der Waals surface area contributed by atoms with Crippen LogP contribution >= 0.6 is 15.9 Å². The van der Waals surface area contributed by atoms with Crippen molar-refractivity contribution in [1.29, 1.82) is 0 Å². The van der Waals surface area contributed by atoms with Gasteiger partial charge in [-0.05, 0) is 31.9 Å². The Hall–Kier alpha value is -1.14. The highest BCUT2D eigenvalue weighted by molar-refractivity contribution is 9.10. The molecule has 2 unspecified atom stereocenters. The molecule has 0 saturated carbocycles. The molecule has 0 N–H and O–H groups in total. The second kappa shape index (κ2) is 5.88. The third-order valence-electron chi connectivity index (χ3n) is 3.60. The maximum atomic E-state index is 11.2. The zero-order valence-corrected chi connectivity index (χ0v) is 12.6. The molecule has 0 spiro atoms. The molecular weight excluding hydrogens is 312 g/mol. The molecule has 2 atom stereocenters. The minimum Gasteiger partial charge on any atom is -0.381 e. The minimum atomic E-state index is -0.324. The summed E-state index contributed by atoms with van der Waals surface area (Å²) in [5, 5.41) is 11.2. The lowest BCUT2D eigenvalue weighted by molar-refractivity contribution is -0.384. The molecule has 2 rings (SSSR count). The summed E-state index contributed by atoms with van der Waals surface area (Å²) in [5.41, 5.74) is 0.840. The Bertz CT molecular complexity index is 481. The zero-order chi connectivity index (χ0) is 14.0. The normalized spacial score (nSPS) is 23.4. The SMILES string of the molecule is COC1CCN(c2ccc(Br)cc2[N+](=O)[O-])C(C)C1. The fourth-order valence-corrected chi connectivity index (χ4v) is 2.94. The highest BCUT2D eigenvalue weighted by Crippen LogP contribution is 2.35. The number of ether oxygens (including phenoxy) is 1. The van der Waals surface area contributed by atoms with Gasteiger partial charge >= 0.3 is 0 Å². The second-order valence-electron chi connectivity index (χ2n) is 4.81. The minimum absolute atomic E-state index is 0.150. The number of piperidine rings is 1. The lowest BCUT2D eigenvalue weighted by Gasteiger charge is -2.38. The molecule has 0 radical (unpaired) electrons. The summed E-state index contributed by atoms with van der Waals surface area (Å²) in [7, 11) is 1.72. The number of nitro groups is 1. The molecule has 5 nitrogen and oxygen atoms in total. The smallest absolute Gasteiger partial charge is 0.293 e. The van der Waals surface area contributed by atoms with E-state index in [1.54, 1.807) is 13.2 Å². The highest BCUT2D eigenvalue weighted by Gasteiger charge is 2.29. The molecule has 0 bridgehead atoms. The molecule has 1 heterocycles. The Balaban J connectivity index is 2.29. The van der Waals surface area contributed by atoms with Crippen LogP contribution in [0.5, 0.6) is 0 Å². The van der Waals surface area contributed by atoms with Gasteiger partial charge in [0.1, 0.15) is 5.69 Å². The molecule has 1 aromatic rings. The number of methoxy groups -OCH3 is 1. The van der Waals surface area contributed by atoms with Crippen LogP contribution in [0.15, 0.2) is 22.7 Å². The van der Waals surface area contributed by atoms with Crippen LogP contribution in [0.3, 0.4) is 0 Å². The van der Waals surface area contributed by atoms with E-state index in [2.05, 4.69) is 27.8 Å². The van der Waals surface area contributed by atoms with Crippen LogP contribution < -0.4 is 4.90 Å². The fraction of sp³-hybridized carbons (Fsp3) is 0.538. The van der Waals surface area contributed by atoms with Gasteiger partial charge in [-0.25, -0.2) is 0 Å². The maximum absolute atomic E-state index is 11.2. The predicted molar refractivity (Wildman–Crippen MR) is 77.6 cm³/mol. The van der Waals surface area contributed by atoms with E-state index in [1.165, 1.54) is 0 Å². The molecule has 19 heavy (non-hydrogen) atoms. The molecule has 104 valence electrons. The first-order valence-corrected chi connectivity index (χ1v) is 7.05. The van der Waals surface area contributed by atoms with Gasteiger partial charge in [0, 0.05) is 30.2 Å². The Kier molecular flexibility index (Phi) is 4.42. The predicted octanol–water partition coefficient (Wildman–Crippen LogP) is 3.36. The first kappa shape index (κ1) is 14.3. The molecule has 0 aliphatic carbocycles. The van der Waals surface area contributed by atoms with Crippen molar-refractivity contribution in [3.05, 3.63) is 32.8 Å². The molecule has 0 aromatic heterocycles. The molecule has 6 heteroatoms. The highest BCUT2D eigenvalue weighted by atomic mass is 79.9. The van der Waals surface area contributed by atoms with Crippen molar-refractivity contribution >= 4 is 27.3 Å². The van der Waals surface area contributed by atoms with E-state index in [1.807, 2.05) is 12.1 Å². The second-order valence-corrected chi connectivity index (χ2v) is 5.73. The topological polar surface area (TPSA) is 55.6 Å². The number of halogens is 1. The summed E-state index contributed by atoms with van der Waals surface area (Å²) in [5.74, 6) is 0. The Morgan fingerprint density at radius 3 is 2.84 bits per heavy atom. The Labute approximate surface area is 120 Å². The largest absolute Gasteiger partial charge is 0.381 e. The van der Waals surface area contributed by atoms with Gasteiger partial charge in [-0.15, -0.1) is 0 Å². The van der Waals surface area contributed by atoms with Crippen molar-refractivity contribution in [2.45, 2.75) is 31.9 Å². The molecule has 1 saturated heterocycles. The van der Waals surface area contributed by atoms with Gasteiger partial charge in [0.2, 0.25) is 0 Å². The first-order valence-electron chi connectivity index (χ1n) is 6.26. The van der Waals surface area contributed by atoms with Crippen LogP contribution in [0.2, 0.25) is 0 Å². The van der Waals surface area contributed by atoms with Gasteiger partial charge in [-0.2, -0.15) is 0 Å². The Morgan fingerprint density at radius 1 is 1.53 bits per heavy atom. The van der Waals surface area contributed by atoms with Crippen molar-refractivity contribution in [3.8, 4) is 0 Å². The number of rotatable bonds is 3. The van der Waals surface area contributed by atoms with Gasteiger partial charge in [0.05, 0.1) is 11.0 Å². The summed E-state index contributed by atoms with van der Waals surface area (Å²) in [6.07, 6.45) is 2.04. The van der Waals surface area contributed by atoms with E-state index in [0.29, 0.717) is 5.69 Å². The van der Waals surface area contributed by atoms with Crippen molar-refractivity contribution < 1.29 is 9.66 Å². The number of nitrogens with zero attached hydrogens (tertiary/aromatic N) is 2. The number of anilines is 1. The van der Waals surface area contributed by atoms with E-state index in [0.717, 1.165) is 23.9 Å². The summed E-state index contributed by atoms with van der Waals surface area (Å²) >= 11 is 3.28. The van der Waals surface area contributed by atoms with E-state index in [4.69, 9.17) is 4.74 Å². The molecular formula is C13H17BrN2O3. The first-order chi connectivity index (χ1) is 9.02. The third kappa shape index (κ3) is 3.06.